The molecule has 0 saturated carbocycles. The summed E-state index contributed by atoms with van der Waals surface area (Å²) in [6, 6.07) is 5.80. The average molecular weight is 289 g/mol. The lowest BCUT2D eigenvalue weighted by atomic mass is 10.2. The Labute approximate surface area is 106 Å². The van der Waals surface area contributed by atoms with E-state index in [2.05, 4.69) is 31.0 Å². The van der Waals surface area contributed by atoms with Crippen LogP contribution in [0.5, 0.6) is 0 Å². The van der Waals surface area contributed by atoms with Crippen molar-refractivity contribution >= 4 is 21.6 Å². The molecule has 4 nitrogen and oxygen atoms in total. The van der Waals surface area contributed by atoms with Crippen LogP contribution in [-0.4, -0.2) is 19.6 Å². The van der Waals surface area contributed by atoms with Crippen molar-refractivity contribution in [3.05, 3.63) is 46.8 Å². The highest BCUT2D eigenvalue weighted by molar-refractivity contribution is 9.10. The van der Waals surface area contributed by atoms with E-state index in [0.29, 0.717) is 5.82 Å². The molecule has 17 heavy (non-hydrogen) atoms. The fourth-order valence-corrected chi connectivity index (χ4v) is 1.93. The van der Waals surface area contributed by atoms with Gasteiger partial charge in [-0.3, -0.25) is 4.98 Å². The minimum absolute atomic E-state index is 0.713. The van der Waals surface area contributed by atoms with Crippen molar-refractivity contribution < 1.29 is 0 Å². The Bertz CT molecular complexity index is 637. The van der Waals surface area contributed by atoms with Gasteiger partial charge in [0, 0.05) is 28.6 Å². The summed E-state index contributed by atoms with van der Waals surface area (Å²) in [5.74, 6) is 0.713. The van der Waals surface area contributed by atoms with Crippen molar-refractivity contribution in [1.82, 2.24) is 19.6 Å². The third-order valence-corrected chi connectivity index (χ3v) is 3.38. The summed E-state index contributed by atoms with van der Waals surface area (Å²) in [6.45, 7) is 2.03. The molecule has 0 amide bonds. The van der Waals surface area contributed by atoms with Crippen LogP contribution < -0.4 is 0 Å². The third-order valence-electron chi connectivity index (χ3n) is 2.55. The number of aryl methyl sites for hydroxylation is 1. The summed E-state index contributed by atoms with van der Waals surface area (Å²) in [6.07, 6.45) is 5.40. The standard InChI is InChI=1S/C12H9BrN4/c1-8-6-11-15-12(9-2-4-14-5-3-9)16-17(11)7-10(8)13/h2-7H,1H3. The molecule has 84 valence electrons. The molecule has 3 aromatic heterocycles. The largest absolute Gasteiger partial charge is 0.265 e. The molecule has 0 saturated heterocycles. The van der Waals surface area contributed by atoms with Crippen LogP contribution in [0.2, 0.25) is 0 Å². The smallest absolute Gasteiger partial charge is 0.182 e. The lowest BCUT2D eigenvalue weighted by Gasteiger charge is -1.96. The van der Waals surface area contributed by atoms with Crippen molar-refractivity contribution in [3.8, 4) is 11.4 Å². The molecular weight excluding hydrogens is 280 g/mol. The van der Waals surface area contributed by atoms with Gasteiger partial charge < -0.3 is 0 Å². The second-order valence-electron chi connectivity index (χ2n) is 3.78. The number of fused-ring (bicyclic) bond motifs is 1. The van der Waals surface area contributed by atoms with Crippen molar-refractivity contribution in [1.29, 1.82) is 0 Å². The van der Waals surface area contributed by atoms with Crippen molar-refractivity contribution in [2.45, 2.75) is 6.92 Å². The maximum Gasteiger partial charge on any atom is 0.182 e. The van der Waals surface area contributed by atoms with Gasteiger partial charge in [0.2, 0.25) is 0 Å². The molecule has 0 aliphatic carbocycles. The minimum Gasteiger partial charge on any atom is -0.265 e. The molecule has 0 aromatic carbocycles. The van der Waals surface area contributed by atoms with Crippen molar-refractivity contribution in [2.75, 3.05) is 0 Å². The van der Waals surface area contributed by atoms with Crippen molar-refractivity contribution in [2.24, 2.45) is 0 Å². The highest BCUT2D eigenvalue weighted by Gasteiger charge is 2.07. The van der Waals surface area contributed by atoms with Gasteiger partial charge in [0.25, 0.3) is 0 Å². The monoisotopic (exact) mass is 288 g/mol. The van der Waals surface area contributed by atoms with E-state index in [1.165, 1.54) is 0 Å². The van der Waals surface area contributed by atoms with Gasteiger partial charge in [-0.25, -0.2) is 9.50 Å². The molecule has 0 fully saturated rings. The highest BCUT2D eigenvalue weighted by atomic mass is 79.9. The molecule has 5 heteroatoms. The van der Waals surface area contributed by atoms with Crippen LogP contribution in [0.1, 0.15) is 5.56 Å². The summed E-state index contributed by atoms with van der Waals surface area (Å²) in [5, 5.41) is 4.43. The van der Waals surface area contributed by atoms with E-state index >= 15 is 0 Å². The minimum atomic E-state index is 0.713. The number of nitrogens with zero attached hydrogens (tertiary/aromatic N) is 4. The zero-order valence-corrected chi connectivity index (χ0v) is 10.7. The molecule has 0 bridgehead atoms. The average Bonchev–Trinajstić information content (AvgIpc) is 2.74. The summed E-state index contributed by atoms with van der Waals surface area (Å²) in [5.41, 5.74) is 2.96. The van der Waals surface area contributed by atoms with Gasteiger partial charge in [0.15, 0.2) is 11.5 Å². The van der Waals surface area contributed by atoms with Gasteiger partial charge in [-0.05, 0) is 46.6 Å². The van der Waals surface area contributed by atoms with Crippen LogP contribution in [0.3, 0.4) is 0 Å². The molecule has 0 aliphatic heterocycles. The fourth-order valence-electron chi connectivity index (χ4n) is 1.62. The van der Waals surface area contributed by atoms with E-state index in [0.717, 1.165) is 21.2 Å². The molecule has 3 heterocycles. The summed E-state index contributed by atoms with van der Waals surface area (Å²) >= 11 is 3.48. The first kappa shape index (κ1) is 10.4. The van der Waals surface area contributed by atoms with Gasteiger partial charge in [0.1, 0.15) is 0 Å². The van der Waals surface area contributed by atoms with E-state index in [-0.39, 0.29) is 0 Å². The molecule has 0 unspecified atom stereocenters. The lowest BCUT2D eigenvalue weighted by molar-refractivity contribution is 0.956. The molecule has 0 spiro atoms. The van der Waals surface area contributed by atoms with E-state index < -0.39 is 0 Å². The van der Waals surface area contributed by atoms with Gasteiger partial charge in [-0.2, -0.15) is 0 Å². The third kappa shape index (κ3) is 1.82. The fraction of sp³-hybridized carbons (Fsp3) is 0.0833. The van der Waals surface area contributed by atoms with Crippen LogP contribution in [0, 0.1) is 6.92 Å². The van der Waals surface area contributed by atoms with E-state index in [9.17, 15) is 0 Å². The Morgan fingerprint density at radius 1 is 1.24 bits per heavy atom. The van der Waals surface area contributed by atoms with Crippen LogP contribution in [-0.2, 0) is 0 Å². The maximum atomic E-state index is 4.49. The number of hydrogen-bond donors (Lipinski definition) is 0. The van der Waals surface area contributed by atoms with E-state index in [4.69, 9.17) is 0 Å². The maximum absolute atomic E-state index is 4.49. The lowest BCUT2D eigenvalue weighted by Crippen LogP contribution is -1.89. The molecule has 0 atom stereocenters. The van der Waals surface area contributed by atoms with Gasteiger partial charge in [-0.1, -0.05) is 0 Å². The van der Waals surface area contributed by atoms with Gasteiger partial charge >= 0.3 is 0 Å². The predicted molar refractivity (Wildman–Crippen MR) is 68.7 cm³/mol. The number of hydrogen-bond acceptors (Lipinski definition) is 3. The number of pyridine rings is 2. The Hall–Kier alpha value is -1.75. The molecule has 3 aromatic rings. The van der Waals surface area contributed by atoms with Crippen LogP contribution >= 0.6 is 15.9 Å². The second-order valence-corrected chi connectivity index (χ2v) is 4.63. The normalized spacial score (nSPS) is 10.9. The summed E-state index contributed by atoms with van der Waals surface area (Å²) in [4.78, 5) is 8.47. The van der Waals surface area contributed by atoms with Gasteiger partial charge in [-0.15, -0.1) is 5.10 Å². The Balaban J connectivity index is 2.21. The first-order valence-electron chi connectivity index (χ1n) is 5.17. The van der Waals surface area contributed by atoms with Crippen LogP contribution in [0.25, 0.3) is 17.0 Å². The first-order valence-corrected chi connectivity index (χ1v) is 5.96. The van der Waals surface area contributed by atoms with Gasteiger partial charge in [0.05, 0.1) is 0 Å². The zero-order chi connectivity index (χ0) is 11.8. The molecule has 3 rings (SSSR count). The number of rotatable bonds is 1. The molecule has 0 aliphatic rings. The first-order chi connectivity index (χ1) is 8.24. The number of aromatic nitrogens is 4. The topological polar surface area (TPSA) is 43.1 Å². The van der Waals surface area contributed by atoms with Crippen LogP contribution in [0.15, 0.2) is 41.3 Å². The summed E-state index contributed by atoms with van der Waals surface area (Å²) < 4.78 is 2.79. The van der Waals surface area contributed by atoms with Crippen LogP contribution in [0.4, 0.5) is 0 Å². The number of halogens is 1. The second kappa shape index (κ2) is 3.92. The Kier molecular flexibility index (Phi) is 2.40. The molecule has 0 N–H and O–H groups in total. The molecule has 0 radical (unpaired) electrons. The quantitative estimate of drug-likeness (QED) is 0.692. The van der Waals surface area contributed by atoms with E-state index in [1.807, 2.05) is 31.3 Å². The Morgan fingerprint density at radius 3 is 2.76 bits per heavy atom. The Morgan fingerprint density at radius 2 is 2.00 bits per heavy atom. The SMILES string of the molecule is Cc1cc2nc(-c3ccncc3)nn2cc1Br. The van der Waals surface area contributed by atoms with Crippen molar-refractivity contribution in [3.63, 3.8) is 0 Å². The molecular formula is C12H9BrN4. The highest BCUT2D eigenvalue weighted by Crippen LogP contribution is 2.20. The predicted octanol–water partition coefficient (Wildman–Crippen LogP) is 2.86. The van der Waals surface area contributed by atoms with E-state index in [1.54, 1.807) is 16.9 Å². The zero-order valence-electron chi connectivity index (χ0n) is 9.13. The summed E-state index contributed by atoms with van der Waals surface area (Å²) in [7, 11) is 0.